The minimum Gasteiger partial charge on any atom is -0.489 e. The lowest BCUT2D eigenvalue weighted by Gasteiger charge is -2.06. The number of hydrogen-bond acceptors (Lipinski definition) is 4. The number of aliphatic imine (C=N–C) groups is 1. The van der Waals surface area contributed by atoms with Gasteiger partial charge in [0.05, 0.1) is 5.71 Å². The summed E-state index contributed by atoms with van der Waals surface area (Å²) in [6, 6.07) is 7.73. The normalized spacial score (nSPS) is 21.6. The monoisotopic (exact) mass is 260 g/mol. The van der Waals surface area contributed by atoms with Crippen LogP contribution < -0.4 is 10.5 Å². The van der Waals surface area contributed by atoms with Gasteiger partial charge in [-0.15, -0.1) is 0 Å². The lowest BCUT2D eigenvalue weighted by molar-refractivity contribution is -0.117. The number of nitrogens with zero attached hydrogens (tertiary/aromatic N) is 1. The first-order valence-electron chi connectivity index (χ1n) is 5.63. The second kappa shape index (κ2) is 4.17. The van der Waals surface area contributed by atoms with E-state index in [1.54, 1.807) is 0 Å². The van der Waals surface area contributed by atoms with Crippen LogP contribution >= 0.6 is 11.8 Å². The summed E-state index contributed by atoms with van der Waals surface area (Å²) in [7, 11) is 0. The summed E-state index contributed by atoms with van der Waals surface area (Å²) in [6.45, 7) is 2.51. The van der Waals surface area contributed by atoms with Crippen molar-refractivity contribution >= 4 is 23.4 Å². The molecule has 4 nitrogen and oxygen atoms in total. The van der Waals surface area contributed by atoms with Crippen LogP contribution in [0.15, 0.2) is 39.7 Å². The van der Waals surface area contributed by atoms with E-state index in [2.05, 4.69) is 4.99 Å². The number of para-hydroxylation sites is 1. The van der Waals surface area contributed by atoms with Crippen LogP contribution in [0.5, 0.6) is 5.75 Å². The first-order valence-corrected chi connectivity index (χ1v) is 6.51. The summed E-state index contributed by atoms with van der Waals surface area (Å²) in [5.74, 6) is 0.399. The molecule has 2 aliphatic heterocycles. The lowest BCUT2D eigenvalue weighted by atomic mass is 10.1. The highest BCUT2D eigenvalue weighted by atomic mass is 32.2. The van der Waals surface area contributed by atoms with E-state index >= 15 is 0 Å². The Hall–Kier alpha value is -1.75. The van der Waals surface area contributed by atoms with Crippen LogP contribution in [0.1, 0.15) is 12.5 Å². The van der Waals surface area contributed by atoms with Gasteiger partial charge in [0.25, 0.3) is 5.91 Å². The molecule has 0 saturated carbocycles. The zero-order valence-corrected chi connectivity index (χ0v) is 10.7. The third-order valence-electron chi connectivity index (χ3n) is 2.91. The van der Waals surface area contributed by atoms with Crippen LogP contribution in [-0.2, 0) is 4.79 Å². The Kier molecular flexibility index (Phi) is 2.63. The van der Waals surface area contributed by atoms with Gasteiger partial charge in [0.1, 0.15) is 12.4 Å². The summed E-state index contributed by atoms with van der Waals surface area (Å²) in [6.07, 6.45) is 0. The van der Waals surface area contributed by atoms with E-state index in [9.17, 15) is 4.79 Å². The molecule has 0 saturated heterocycles. The summed E-state index contributed by atoms with van der Waals surface area (Å²) in [5, 5.41) is -0.517. The number of nitrogens with two attached hydrogens (primary N) is 1. The molecule has 3 rings (SSSR count). The van der Waals surface area contributed by atoms with Crippen molar-refractivity contribution in [1.82, 2.24) is 0 Å². The number of hydrogen-bond donors (Lipinski definition) is 1. The molecule has 0 radical (unpaired) electrons. The third-order valence-corrected chi connectivity index (χ3v) is 4.25. The second-order valence-corrected chi connectivity index (χ2v) is 5.34. The molecule has 1 unspecified atom stereocenters. The summed E-state index contributed by atoms with van der Waals surface area (Å²) in [4.78, 5) is 16.7. The molecule has 5 heteroatoms. The fourth-order valence-electron chi connectivity index (χ4n) is 2.03. The minimum absolute atomic E-state index is 0.403. The van der Waals surface area contributed by atoms with Crippen LogP contribution in [-0.4, -0.2) is 23.6 Å². The third kappa shape index (κ3) is 1.71. The predicted molar refractivity (Wildman–Crippen MR) is 71.7 cm³/mol. The van der Waals surface area contributed by atoms with Gasteiger partial charge in [-0.1, -0.05) is 23.9 Å². The van der Waals surface area contributed by atoms with Gasteiger partial charge in [-0.05, 0) is 24.6 Å². The van der Waals surface area contributed by atoms with Crippen molar-refractivity contribution in [1.29, 1.82) is 0 Å². The second-order valence-electron chi connectivity index (χ2n) is 4.24. The molecule has 0 aromatic heterocycles. The molecule has 0 aliphatic carbocycles. The number of ether oxygens (including phenoxy) is 1. The van der Waals surface area contributed by atoms with Crippen molar-refractivity contribution in [2.24, 2.45) is 10.7 Å². The van der Waals surface area contributed by atoms with Gasteiger partial charge in [0.2, 0.25) is 0 Å². The number of benzene rings is 1. The molecule has 1 aromatic rings. The first-order chi connectivity index (χ1) is 8.66. The molecular weight excluding hydrogens is 248 g/mol. The molecule has 2 N–H and O–H groups in total. The molecule has 2 heterocycles. The van der Waals surface area contributed by atoms with E-state index in [0.717, 1.165) is 27.5 Å². The van der Waals surface area contributed by atoms with Crippen LogP contribution in [0.2, 0.25) is 0 Å². The van der Waals surface area contributed by atoms with E-state index < -0.39 is 11.3 Å². The molecule has 0 spiro atoms. The van der Waals surface area contributed by atoms with Crippen molar-refractivity contribution in [3.8, 4) is 5.75 Å². The van der Waals surface area contributed by atoms with Gasteiger partial charge < -0.3 is 10.5 Å². The van der Waals surface area contributed by atoms with Crippen molar-refractivity contribution in [3.05, 3.63) is 40.3 Å². The maximum absolute atomic E-state index is 11.3. The number of fused-ring (bicyclic) bond motifs is 3. The minimum atomic E-state index is -0.517. The maximum Gasteiger partial charge on any atom is 0.252 e. The molecule has 0 bridgehead atoms. The number of allylic oxidation sites excluding steroid dienone is 1. The molecule has 1 aromatic carbocycles. The average molecular weight is 260 g/mol. The molecule has 2 aliphatic rings. The number of primary amides is 1. The highest BCUT2D eigenvalue weighted by Gasteiger charge is 2.32. The predicted octanol–water partition coefficient (Wildman–Crippen LogP) is 1.70. The van der Waals surface area contributed by atoms with Gasteiger partial charge in [-0.3, -0.25) is 9.79 Å². The first kappa shape index (κ1) is 11.3. The highest BCUT2D eigenvalue weighted by molar-refractivity contribution is 8.05. The van der Waals surface area contributed by atoms with E-state index in [-0.39, 0.29) is 0 Å². The standard InChI is InChI=1S/C13H12N2O2S/c1-7-6-17-9-5-3-2-4-8(9)10-11(7)18-13(15-10)12(14)16/h2-5,13H,6H2,1H3,(H2,14,16). The Labute approximate surface area is 109 Å². The fraction of sp³-hybridized carbons (Fsp3) is 0.231. The molecular formula is C13H12N2O2S. The molecule has 18 heavy (non-hydrogen) atoms. The SMILES string of the molecule is CC1=C2SC(C(N)=O)N=C2c2ccccc2OC1. The number of carbonyl (C=O) groups excluding carboxylic acids is 1. The van der Waals surface area contributed by atoms with Gasteiger partial charge in [-0.2, -0.15) is 0 Å². The van der Waals surface area contributed by atoms with E-state index in [0.29, 0.717) is 6.61 Å². The number of amides is 1. The lowest BCUT2D eigenvalue weighted by Crippen LogP contribution is -2.22. The van der Waals surface area contributed by atoms with Crippen LogP contribution in [0.3, 0.4) is 0 Å². The fourth-order valence-corrected chi connectivity index (χ4v) is 3.06. The topological polar surface area (TPSA) is 64.7 Å². The van der Waals surface area contributed by atoms with Crippen molar-refractivity contribution in [3.63, 3.8) is 0 Å². The van der Waals surface area contributed by atoms with Crippen molar-refractivity contribution < 1.29 is 9.53 Å². The molecule has 1 atom stereocenters. The molecule has 1 amide bonds. The Bertz CT molecular complexity index is 592. The summed E-state index contributed by atoms with van der Waals surface area (Å²) >= 11 is 1.41. The van der Waals surface area contributed by atoms with Crippen LogP contribution in [0.25, 0.3) is 0 Å². The maximum atomic E-state index is 11.3. The van der Waals surface area contributed by atoms with E-state index in [4.69, 9.17) is 10.5 Å². The number of carbonyl (C=O) groups is 1. The molecule has 0 fully saturated rings. The van der Waals surface area contributed by atoms with Crippen molar-refractivity contribution in [2.45, 2.75) is 12.3 Å². The zero-order valence-electron chi connectivity index (χ0n) is 9.84. The van der Waals surface area contributed by atoms with Crippen LogP contribution in [0.4, 0.5) is 0 Å². The smallest absolute Gasteiger partial charge is 0.252 e. The van der Waals surface area contributed by atoms with Crippen molar-refractivity contribution in [2.75, 3.05) is 6.61 Å². The zero-order chi connectivity index (χ0) is 12.7. The van der Waals surface area contributed by atoms with E-state index in [1.165, 1.54) is 11.8 Å². The van der Waals surface area contributed by atoms with E-state index in [1.807, 2.05) is 31.2 Å². The Balaban J connectivity index is 2.16. The number of rotatable bonds is 1. The Morgan fingerprint density at radius 2 is 2.28 bits per heavy atom. The Morgan fingerprint density at radius 3 is 3.06 bits per heavy atom. The van der Waals surface area contributed by atoms with Gasteiger partial charge in [0.15, 0.2) is 5.37 Å². The largest absolute Gasteiger partial charge is 0.489 e. The summed E-state index contributed by atoms with van der Waals surface area (Å²) in [5.41, 5.74) is 8.18. The van der Waals surface area contributed by atoms with Gasteiger partial charge in [0, 0.05) is 10.5 Å². The van der Waals surface area contributed by atoms with Gasteiger partial charge in [-0.25, -0.2) is 0 Å². The van der Waals surface area contributed by atoms with Gasteiger partial charge >= 0.3 is 0 Å². The quantitative estimate of drug-likeness (QED) is 0.835. The Morgan fingerprint density at radius 1 is 1.50 bits per heavy atom. The highest BCUT2D eigenvalue weighted by Crippen LogP contribution is 2.40. The average Bonchev–Trinajstić information content (AvgIpc) is 2.76. The molecule has 92 valence electrons. The number of thioether (sulfide) groups is 1. The summed E-state index contributed by atoms with van der Waals surface area (Å²) < 4.78 is 5.72. The van der Waals surface area contributed by atoms with Crippen LogP contribution in [0, 0.1) is 0 Å².